The van der Waals surface area contributed by atoms with E-state index in [1.165, 1.54) is 0 Å². The topological polar surface area (TPSA) is 59.5 Å². The van der Waals surface area contributed by atoms with Gasteiger partial charge in [-0.15, -0.1) is 11.3 Å². The molecule has 2 aromatic carbocycles. The highest BCUT2D eigenvalue weighted by molar-refractivity contribution is 7.88. The van der Waals surface area contributed by atoms with E-state index in [0.29, 0.717) is 19.5 Å². The standard InChI is InChI=1S/C20H20N2O3S2/c1-25-17-9-7-16(8-10-17)20-21-18-11-12-22(13-19(18)26-20)27(23,24)14-15-5-3-2-4-6-15/h2-10H,11-14H2,1H3. The van der Waals surface area contributed by atoms with Gasteiger partial charge < -0.3 is 4.74 Å². The molecule has 0 aliphatic carbocycles. The molecule has 1 aliphatic rings. The second-order valence-electron chi connectivity index (χ2n) is 6.44. The van der Waals surface area contributed by atoms with Crippen LogP contribution < -0.4 is 4.74 Å². The van der Waals surface area contributed by atoms with E-state index < -0.39 is 10.0 Å². The van der Waals surface area contributed by atoms with Crippen LogP contribution in [0.2, 0.25) is 0 Å². The number of fused-ring (bicyclic) bond motifs is 1. The predicted octanol–water partition coefficient (Wildman–Crippen LogP) is 3.71. The van der Waals surface area contributed by atoms with E-state index in [4.69, 9.17) is 9.72 Å². The number of hydrogen-bond acceptors (Lipinski definition) is 5. The van der Waals surface area contributed by atoms with Gasteiger partial charge in [-0.3, -0.25) is 0 Å². The summed E-state index contributed by atoms with van der Waals surface area (Å²) in [6, 6.07) is 17.1. The Kier molecular flexibility index (Phi) is 4.99. The van der Waals surface area contributed by atoms with Crippen LogP contribution in [0.1, 0.15) is 16.1 Å². The van der Waals surface area contributed by atoms with Crippen LogP contribution in [0.25, 0.3) is 10.6 Å². The largest absolute Gasteiger partial charge is 0.497 e. The molecule has 0 spiro atoms. The molecule has 1 aliphatic heterocycles. The van der Waals surface area contributed by atoms with E-state index in [0.717, 1.165) is 32.5 Å². The summed E-state index contributed by atoms with van der Waals surface area (Å²) in [4.78, 5) is 5.76. The summed E-state index contributed by atoms with van der Waals surface area (Å²) in [6.07, 6.45) is 0.649. The van der Waals surface area contributed by atoms with Crippen molar-refractivity contribution >= 4 is 21.4 Å². The minimum absolute atomic E-state index is 0.0350. The number of nitrogens with zero attached hydrogens (tertiary/aromatic N) is 2. The number of benzene rings is 2. The molecule has 0 amide bonds. The summed E-state index contributed by atoms with van der Waals surface area (Å²) in [5, 5.41) is 0.921. The van der Waals surface area contributed by atoms with Crippen molar-refractivity contribution in [2.45, 2.75) is 18.7 Å². The molecule has 4 rings (SSSR count). The van der Waals surface area contributed by atoms with Crippen LogP contribution >= 0.6 is 11.3 Å². The molecular formula is C20H20N2O3S2. The number of methoxy groups -OCH3 is 1. The smallest absolute Gasteiger partial charge is 0.218 e. The zero-order chi connectivity index (χ0) is 18.9. The molecule has 0 atom stereocenters. The van der Waals surface area contributed by atoms with Crippen molar-refractivity contribution in [1.82, 2.24) is 9.29 Å². The highest BCUT2D eigenvalue weighted by atomic mass is 32.2. The number of rotatable bonds is 5. The van der Waals surface area contributed by atoms with Crippen LogP contribution in [0, 0.1) is 0 Å². The Morgan fingerprint density at radius 2 is 1.85 bits per heavy atom. The van der Waals surface area contributed by atoms with Gasteiger partial charge in [0.15, 0.2) is 0 Å². The fourth-order valence-corrected chi connectivity index (χ4v) is 5.84. The third-order valence-corrected chi connectivity index (χ3v) is 7.55. The van der Waals surface area contributed by atoms with Crippen molar-refractivity contribution in [3.8, 4) is 16.3 Å². The predicted molar refractivity (Wildman–Crippen MR) is 107 cm³/mol. The highest BCUT2D eigenvalue weighted by Gasteiger charge is 2.29. The molecule has 7 heteroatoms. The van der Waals surface area contributed by atoms with Gasteiger partial charge >= 0.3 is 0 Å². The number of hydrogen-bond donors (Lipinski definition) is 0. The lowest BCUT2D eigenvalue weighted by molar-refractivity contribution is 0.392. The zero-order valence-corrected chi connectivity index (χ0v) is 16.6. The zero-order valence-electron chi connectivity index (χ0n) is 15.0. The second-order valence-corrected chi connectivity index (χ2v) is 9.50. The van der Waals surface area contributed by atoms with E-state index in [-0.39, 0.29) is 5.75 Å². The van der Waals surface area contributed by atoms with Gasteiger partial charge in [0, 0.05) is 30.0 Å². The van der Waals surface area contributed by atoms with E-state index in [9.17, 15) is 8.42 Å². The molecule has 0 unspecified atom stereocenters. The Hall–Kier alpha value is -2.22. The Balaban J connectivity index is 1.53. The summed E-state index contributed by atoms with van der Waals surface area (Å²) in [6.45, 7) is 0.881. The quantitative estimate of drug-likeness (QED) is 0.655. The van der Waals surface area contributed by atoms with Gasteiger partial charge in [-0.2, -0.15) is 4.31 Å². The first kappa shape index (κ1) is 18.2. The van der Waals surface area contributed by atoms with Crippen molar-refractivity contribution in [1.29, 1.82) is 0 Å². The summed E-state index contributed by atoms with van der Waals surface area (Å²) in [5.41, 5.74) is 2.84. The minimum Gasteiger partial charge on any atom is -0.497 e. The number of thiazole rings is 1. The Bertz CT molecular complexity index is 1030. The molecule has 3 aromatic rings. The molecule has 2 heterocycles. The lowest BCUT2D eigenvalue weighted by atomic mass is 10.2. The summed E-state index contributed by atoms with van der Waals surface area (Å²) in [5.74, 6) is 0.839. The van der Waals surface area contributed by atoms with Crippen molar-refractivity contribution < 1.29 is 13.2 Å². The molecule has 0 saturated heterocycles. The number of aromatic nitrogens is 1. The van der Waals surface area contributed by atoms with Gasteiger partial charge in [-0.05, 0) is 29.8 Å². The summed E-state index contributed by atoms with van der Waals surface area (Å²) >= 11 is 1.57. The number of ether oxygens (including phenoxy) is 1. The fraction of sp³-hybridized carbons (Fsp3) is 0.250. The lowest BCUT2D eigenvalue weighted by Crippen LogP contribution is -2.36. The summed E-state index contributed by atoms with van der Waals surface area (Å²) in [7, 11) is -1.71. The van der Waals surface area contributed by atoms with E-state index in [1.807, 2.05) is 54.6 Å². The molecule has 0 radical (unpaired) electrons. The van der Waals surface area contributed by atoms with Gasteiger partial charge in [-0.1, -0.05) is 30.3 Å². The molecule has 0 saturated carbocycles. The van der Waals surface area contributed by atoms with E-state index in [1.54, 1.807) is 22.8 Å². The van der Waals surface area contributed by atoms with Gasteiger partial charge in [-0.25, -0.2) is 13.4 Å². The van der Waals surface area contributed by atoms with Crippen molar-refractivity contribution in [2.75, 3.05) is 13.7 Å². The van der Waals surface area contributed by atoms with Crippen LogP contribution in [-0.4, -0.2) is 31.4 Å². The molecule has 1 aromatic heterocycles. The van der Waals surface area contributed by atoms with E-state index >= 15 is 0 Å². The average molecular weight is 401 g/mol. The lowest BCUT2D eigenvalue weighted by Gasteiger charge is -2.25. The van der Waals surface area contributed by atoms with Gasteiger partial charge in [0.2, 0.25) is 10.0 Å². The first-order valence-electron chi connectivity index (χ1n) is 8.70. The van der Waals surface area contributed by atoms with Crippen molar-refractivity contribution in [3.63, 3.8) is 0 Å². The Morgan fingerprint density at radius 3 is 2.56 bits per heavy atom. The van der Waals surface area contributed by atoms with Gasteiger partial charge in [0.05, 0.1) is 18.6 Å². The second kappa shape index (κ2) is 7.42. The Morgan fingerprint density at radius 1 is 1.11 bits per heavy atom. The first-order chi connectivity index (χ1) is 13.0. The van der Waals surface area contributed by atoms with Crippen molar-refractivity contribution in [2.24, 2.45) is 0 Å². The molecule has 27 heavy (non-hydrogen) atoms. The van der Waals surface area contributed by atoms with Gasteiger partial charge in [0.1, 0.15) is 10.8 Å². The molecule has 140 valence electrons. The minimum atomic E-state index is -3.35. The number of sulfonamides is 1. The third-order valence-electron chi connectivity index (χ3n) is 4.62. The van der Waals surface area contributed by atoms with E-state index in [2.05, 4.69) is 0 Å². The highest BCUT2D eigenvalue weighted by Crippen LogP contribution is 2.33. The van der Waals surface area contributed by atoms with Crippen LogP contribution in [0.15, 0.2) is 54.6 Å². The summed E-state index contributed by atoms with van der Waals surface area (Å²) < 4.78 is 32.4. The van der Waals surface area contributed by atoms with Crippen LogP contribution in [0.3, 0.4) is 0 Å². The molecule has 0 N–H and O–H groups in total. The maximum Gasteiger partial charge on any atom is 0.218 e. The van der Waals surface area contributed by atoms with Crippen LogP contribution in [0.5, 0.6) is 5.75 Å². The first-order valence-corrected chi connectivity index (χ1v) is 11.1. The normalized spacial score (nSPS) is 14.7. The third kappa shape index (κ3) is 3.90. The van der Waals surface area contributed by atoms with Crippen LogP contribution in [0.4, 0.5) is 0 Å². The average Bonchev–Trinajstić information content (AvgIpc) is 3.12. The van der Waals surface area contributed by atoms with Crippen molar-refractivity contribution in [3.05, 3.63) is 70.7 Å². The molecule has 0 bridgehead atoms. The molecule has 0 fully saturated rings. The Labute approximate surface area is 163 Å². The van der Waals surface area contributed by atoms with Gasteiger partial charge in [0.25, 0.3) is 0 Å². The van der Waals surface area contributed by atoms with Crippen LogP contribution in [-0.2, 0) is 28.7 Å². The maximum absolute atomic E-state index is 12.8. The monoisotopic (exact) mass is 400 g/mol. The molecule has 5 nitrogen and oxygen atoms in total. The molecular weight excluding hydrogens is 380 g/mol. The maximum atomic E-state index is 12.8. The fourth-order valence-electron chi connectivity index (χ4n) is 3.14. The SMILES string of the molecule is COc1ccc(-c2nc3c(s2)CN(S(=O)(=O)Cc2ccccc2)CC3)cc1.